The number of hydrogen-bond acceptors (Lipinski definition) is 9. The summed E-state index contributed by atoms with van der Waals surface area (Å²) in [5.41, 5.74) is 1.32. The van der Waals surface area contributed by atoms with Gasteiger partial charge >= 0.3 is 6.03 Å². The lowest BCUT2D eigenvalue weighted by molar-refractivity contribution is 0.0747. The fourth-order valence-electron chi connectivity index (χ4n) is 3.85. The van der Waals surface area contributed by atoms with E-state index in [9.17, 15) is 18.0 Å². The molecule has 1 aliphatic rings. The van der Waals surface area contributed by atoms with Crippen molar-refractivity contribution in [2.24, 2.45) is 0 Å². The SMILES string of the molecule is COc1cc(OC)nc(N2CCN(C(=O)c3ccccc3NC(=O)NS(=O)(=O)c3ccc(C)cc3)CC2)n1. The third-order valence-electron chi connectivity index (χ3n) is 5.90. The first-order chi connectivity index (χ1) is 18.2. The molecule has 0 radical (unpaired) electrons. The zero-order chi connectivity index (χ0) is 27.3. The van der Waals surface area contributed by atoms with Crippen LogP contribution in [0.3, 0.4) is 0 Å². The minimum Gasteiger partial charge on any atom is -0.481 e. The van der Waals surface area contributed by atoms with Crippen molar-refractivity contribution >= 4 is 33.6 Å². The zero-order valence-electron chi connectivity index (χ0n) is 21.2. The van der Waals surface area contributed by atoms with Crippen LogP contribution in [0.5, 0.6) is 11.8 Å². The van der Waals surface area contributed by atoms with E-state index in [-0.39, 0.29) is 22.1 Å². The van der Waals surface area contributed by atoms with Gasteiger partial charge in [0.25, 0.3) is 15.9 Å². The molecule has 12 nitrogen and oxygen atoms in total. The number of hydrogen-bond donors (Lipinski definition) is 2. The molecule has 0 atom stereocenters. The standard InChI is InChI=1S/C25H28N6O6S/c1-17-8-10-18(11-9-17)38(34,35)29-25(33)26-20-7-5-4-6-19(20)23(32)30-12-14-31(15-13-30)24-27-21(36-2)16-22(28-24)37-3/h4-11,16H,12-15H2,1-3H3,(H2,26,29,33). The van der Waals surface area contributed by atoms with Gasteiger partial charge in [-0.15, -0.1) is 0 Å². The molecule has 13 heteroatoms. The van der Waals surface area contributed by atoms with Gasteiger partial charge in [-0.3, -0.25) is 4.79 Å². The van der Waals surface area contributed by atoms with Crippen LogP contribution in [0.25, 0.3) is 0 Å². The van der Waals surface area contributed by atoms with Gasteiger partial charge in [-0.25, -0.2) is 17.9 Å². The Bertz CT molecular complexity index is 1400. The van der Waals surface area contributed by atoms with Crippen molar-refractivity contribution in [2.45, 2.75) is 11.8 Å². The average Bonchev–Trinajstić information content (AvgIpc) is 2.92. The Hall–Kier alpha value is -4.39. The second-order valence-corrected chi connectivity index (χ2v) is 10.1. The average molecular weight is 541 g/mol. The van der Waals surface area contributed by atoms with Crippen molar-refractivity contribution in [1.82, 2.24) is 19.6 Å². The number of anilines is 2. The highest BCUT2D eigenvalue weighted by molar-refractivity contribution is 7.90. The predicted molar refractivity (Wildman–Crippen MR) is 140 cm³/mol. The highest BCUT2D eigenvalue weighted by atomic mass is 32.2. The summed E-state index contributed by atoms with van der Waals surface area (Å²) in [5, 5.41) is 2.49. The maximum atomic E-state index is 13.3. The number of amides is 3. The lowest BCUT2D eigenvalue weighted by Gasteiger charge is -2.35. The molecule has 0 spiro atoms. The van der Waals surface area contributed by atoms with Crippen LogP contribution in [-0.4, -0.2) is 75.6 Å². The van der Waals surface area contributed by atoms with E-state index >= 15 is 0 Å². The molecule has 1 saturated heterocycles. The molecule has 3 amide bonds. The van der Waals surface area contributed by atoms with E-state index < -0.39 is 16.1 Å². The van der Waals surface area contributed by atoms with Gasteiger partial charge in [0.1, 0.15) is 0 Å². The molecule has 200 valence electrons. The quantitative estimate of drug-likeness (QED) is 0.461. The Balaban J connectivity index is 1.42. The van der Waals surface area contributed by atoms with Gasteiger partial charge in [0.05, 0.1) is 36.4 Å². The second-order valence-electron chi connectivity index (χ2n) is 8.45. The van der Waals surface area contributed by atoms with Gasteiger partial charge in [0.15, 0.2) is 0 Å². The molecule has 0 saturated carbocycles. The number of methoxy groups -OCH3 is 2. The fraction of sp³-hybridized carbons (Fsp3) is 0.280. The van der Waals surface area contributed by atoms with Crippen molar-refractivity contribution in [3.8, 4) is 11.8 Å². The van der Waals surface area contributed by atoms with Crippen molar-refractivity contribution in [3.05, 3.63) is 65.7 Å². The molecule has 1 aliphatic heterocycles. The number of carbonyl (C=O) groups excluding carboxylic acids is 2. The molecule has 1 aromatic heterocycles. The maximum absolute atomic E-state index is 13.3. The highest BCUT2D eigenvalue weighted by Crippen LogP contribution is 2.23. The summed E-state index contributed by atoms with van der Waals surface area (Å²) >= 11 is 0. The van der Waals surface area contributed by atoms with Crippen LogP contribution in [0.4, 0.5) is 16.4 Å². The maximum Gasteiger partial charge on any atom is 0.333 e. The van der Waals surface area contributed by atoms with Gasteiger partial charge in [0.2, 0.25) is 17.7 Å². The smallest absolute Gasteiger partial charge is 0.333 e. The van der Waals surface area contributed by atoms with E-state index in [1.165, 1.54) is 32.4 Å². The minimum atomic E-state index is -4.09. The summed E-state index contributed by atoms with van der Waals surface area (Å²) in [4.78, 5) is 38.1. The van der Waals surface area contributed by atoms with Crippen LogP contribution in [0.2, 0.25) is 0 Å². The lowest BCUT2D eigenvalue weighted by atomic mass is 10.1. The van der Waals surface area contributed by atoms with E-state index in [1.54, 1.807) is 41.3 Å². The number of sulfonamides is 1. The summed E-state index contributed by atoms with van der Waals surface area (Å²) in [7, 11) is -1.07. The molecule has 2 heterocycles. The number of piperazine rings is 1. The molecule has 2 N–H and O–H groups in total. The minimum absolute atomic E-state index is 0.0434. The Morgan fingerprint density at radius 3 is 2.11 bits per heavy atom. The summed E-state index contributed by atoms with van der Waals surface area (Å²) in [5.74, 6) is 0.869. The van der Waals surface area contributed by atoms with Gasteiger partial charge in [-0.2, -0.15) is 9.97 Å². The molecule has 0 aliphatic carbocycles. The van der Waals surface area contributed by atoms with Crippen molar-refractivity contribution in [3.63, 3.8) is 0 Å². The summed E-state index contributed by atoms with van der Waals surface area (Å²) in [6.45, 7) is 3.52. The first-order valence-corrected chi connectivity index (χ1v) is 13.2. The molecular weight excluding hydrogens is 512 g/mol. The number of para-hydroxylation sites is 1. The van der Waals surface area contributed by atoms with Gasteiger partial charge in [-0.05, 0) is 31.2 Å². The van der Waals surface area contributed by atoms with E-state index in [1.807, 2.05) is 16.5 Å². The van der Waals surface area contributed by atoms with Crippen LogP contribution >= 0.6 is 0 Å². The molecular formula is C25H28N6O6S. The van der Waals surface area contributed by atoms with Crippen LogP contribution in [0.15, 0.2) is 59.5 Å². The fourth-order valence-corrected chi connectivity index (χ4v) is 4.75. The summed E-state index contributed by atoms with van der Waals surface area (Å²) in [6, 6.07) is 13.1. The number of rotatable bonds is 7. The molecule has 2 aromatic carbocycles. The molecule has 1 fully saturated rings. The number of benzene rings is 2. The molecule has 38 heavy (non-hydrogen) atoms. The van der Waals surface area contributed by atoms with Gasteiger partial charge < -0.3 is 24.6 Å². The molecule has 4 rings (SSSR count). The number of nitrogens with zero attached hydrogens (tertiary/aromatic N) is 4. The van der Waals surface area contributed by atoms with E-state index in [0.717, 1.165) is 5.56 Å². The van der Waals surface area contributed by atoms with Crippen LogP contribution in [0.1, 0.15) is 15.9 Å². The topological polar surface area (TPSA) is 143 Å². The predicted octanol–water partition coefficient (Wildman–Crippen LogP) is 2.28. The largest absolute Gasteiger partial charge is 0.481 e. The number of nitrogens with one attached hydrogen (secondary N) is 2. The van der Waals surface area contributed by atoms with Crippen LogP contribution in [0, 0.1) is 6.92 Å². The molecule has 3 aromatic rings. The Kier molecular flexibility index (Phi) is 7.96. The lowest BCUT2D eigenvalue weighted by Crippen LogP contribution is -2.49. The van der Waals surface area contributed by atoms with E-state index in [4.69, 9.17) is 9.47 Å². The molecule has 0 bridgehead atoms. The van der Waals surface area contributed by atoms with Crippen molar-refractivity contribution < 1.29 is 27.5 Å². The Labute approximate surface area is 220 Å². The summed E-state index contributed by atoms with van der Waals surface area (Å²) < 4.78 is 37.5. The van der Waals surface area contributed by atoms with Gasteiger partial charge in [0, 0.05) is 26.2 Å². The van der Waals surface area contributed by atoms with E-state index in [2.05, 4.69) is 15.3 Å². The second kappa shape index (κ2) is 11.3. The molecule has 0 unspecified atom stereocenters. The third-order valence-corrected chi connectivity index (χ3v) is 7.25. The van der Waals surface area contributed by atoms with Crippen LogP contribution in [-0.2, 0) is 10.0 Å². The third kappa shape index (κ3) is 6.11. The zero-order valence-corrected chi connectivity index (χ0v) is 22.0. The number of ether oxygens (including phenoxy) is 2. The highest BCUT2D eigenvalue weighted by Gasteiger charge is 2.26. The van der Waals surface area contributed by atoms with E-state index in [0.29, 0.717) is 43.9 Å². The number of urea groups is 1. The number of aryl methyl sites for hydroxylation is 1. The summed E-state index contributed by atoms with van der Waals surface area (Å²) in [6.07, 6.45) is 0. The number of carbonyl (C=O) groups is 2. The Morgan fingerprint density at radius 2 is 1.50 bits per heavy atom. The van der Waals surface area contributed by atoms with Crippen LogP contribution < -0.4 is 24.4 Å². The van der Waals surface area contributed by atoms with Crippen molar-refractivity contribution in [1.29, 1.82) is 0 Å². The Morgan fingerprint density at radius 1 is 0.895 bits per heavy atom. The number of aromatic nitrogens is 2. The normalized spacial score (nSPS) is 13.6. The monoisotopic (exact) mass is 540 g/mol. The first-order valence-electron chi connectivity index (χ1n) is 11.7. The first kappa shape index (κ1) is 26.7. The van der Waals surface area contributed by atoms with Gasteiger partial charge in [-0.1, -0.05) is 29.8 Å². The van der Waals surface area contributed by atoms with Crippen molar-refractivity contribution in [2.75, 3.05) is 50.6 Å².